The Morgan fingerprint density at radius 1 is 1.18 bits per heavy atom. The number of hydrogen-bond donors (Lipinski definition) is 1. The normalized spacial score (nSPS) is 11.2. The summed E-state index contributed by atoms with van der Waals surface area (Å²) >= 11 is 0. The van der Waals surface area contributed by atoms with Crippen molar-refractivity contribution in [1.29, 1.82) is 0 Å². The minimum Gasteiger partial charge on any atom is -0.481 e. The highest BCUT2D eigenvalue weighted by atomic mass is 16.6. The standard InChI is InChI=1S/C22H28N2O4/c1-6-24(21(27)28-22(3,4)5)14-18-9-15(2)7-8-19(18)17-10-16(11-20(25)26)12-23-13-17/h7-10,12-13H,6,11,14H2,1-5H3,(H,25,26). The second-order valence-electron chi connectivity index (χ2n) is 7.81. The van der Waals surface area contributed by atoms with Crippen molar-refractivity contribution in [3.63, 3.8) is 0 Å². The van der Waals surface area contributed by atoms with Gasteiger partial charge >= 0.3 is 12.1 Å². The predicted octanol–water partition coefficient (Wildman–Crippen LogP) is 4.44. The number of hydrogen-bond acceptors (Lipinski definition) is 4. The summed E-state index contributed by atoms with van der Waals surface area (Å²) < 4.78 is 5.51. The van der Waals surface area contributed by atoms with Gasteiger partial charge in [0.1, 0.15) is 5.60 Å². The summed E-state index contributed by atoms with van der Waals surface area (Å²) in [6.07, 6.45) is 2.83. The van der Waals surface area contributed by atoms with Crippen LogP contribution >= 0.6 is 0 Å². The molecule has 2 aromatic rings. The number of nitrogens with zero attached hydrogens (tertiary/aromatic N) is 2. The van der Waals surface area contributed by atoms with Gasteiger partial charge in [-0.1, -0.05) is 23.8 Å². The van der Waals surface area contributed by atoms with E-state index in [1.165, 1.54) is 0 Å². The molecule has 1 heterocycles. The summed E-state index contributed by atoms with van der Waals surface area (Å²) in [4.78, 5) is 29.4. The molecule has 1 aromatic heterocycles. The van der Waals surface area contributed by atoms with Gasteiger partial charge in [-0.25, -0.2) is 4.79 Å². The molecule has 6 nitrogen and oxygen atoms in total. The van der Waals surface area contributed by atoms with Crippen LogP contribution in [0.4, 0.5) is 4.79 Å². The maximum absolute atomic E-state index is 12.5. The highest BCUT2D eigenvalue weighted by molar-refractivity contribution is 5.73. The number of aliphatic carboxylic acids is 1. The minimum absolute atomic E-state index is 0.0823. The van der Waals surface area contributed by atoms with Crippen LogP contribution in [0, 0.1) is 6.92 Å². The van der Waals surface area contributed by atoms with Gasteiger partial charge in [-0.15, -0.1) is 0 Å². The molecule has 0 saturated heterocycles. The Balaban J connectivity index is 2.37. The lowest BCUT2D eigenvalue weighted by atomic mass is 9.97. The van der Waals surface area contributed by atoms with Gasteiger partial charge in [0.15, 0.2) is 0 Å². The highest BCUT2D eigenvalue weighted by Gasteiger charge is 2.22. The van der Waals surface area contributed by atoms with Crippen molar-refractivity contribution in [2.75, 3.05) is 6.54 Å². The molecule has 0 saturated carbocycles. The molecule has 0 unspecified atom stereocenters. The van der Waals surface area contributed by atoms with Gasteiger partial charge in [-0.05, 0) is 57.4 Å². The molecule has 0 aliphatic heterocycles. The molecule has 1 aromatic carbocycles. The average molecular weight is 384 g/mol. The summed E-state index contributed by atoms with van der Waals surface area (Å²) in [5, 5.41) is 9.04. The van der Waals surface area contributed by atoms with E-state index >= 15 is 0 Å². The first kappa shape index (κ1) is 21.4. The van der Waals surface area contributed by atoms with Gasteiger partial charge < -0.3 is 14.7 Å². The monoisotopic (exact) mass is 384 g/mol. The van der Waals surface area contributed by atoms with E-state index in [-0.39, 0.29) is 12.5 Å². The Hall–Kier alpha value is -2.89. The van der Waals surface area contributed by atoms with Crippen LogP contribution in [0.1, 0.15) is 44.4 Å². The molecule has 28 heavy (non-hydrogen) atoms. The quantitative estimate of drug-likeness (QED) is 0.796. The number of benzene rings is 1. The number of amides is 1. The Morgan fingerprint density at radius 3 is 2.50 bits per heavy atom. The first-order valence-corrected chi connectivity index (χ1v) is 9.32. The van der Waals surface area contributed by atoms with Gasteiger partial charge in [-0.3, -0.25) is 9.78 Å². The molecule has 6 heteroatoms. The Kier molecular flexibility index (Phi) is 6.78. The fourth-order valence-corrected chi connectivity index (χ4v) is 2.88. The topological polar surface area (TPSA) is 79.7 Å². The van der Waals surface area contributed by atoms with Gasteiger partial charge in [0.25, 0.3) is 0 Å². The second-order valence-corrected chi connectivity index (χ2v) is 7.81. The summed E-state index contributed by atoms with van der Waals surface area (Å²) in [6, 6.07) is 7.84. The van der Waals surface area contributed by atoms with Crippen molar-refractivity contribution in [3.05, 3.63) is 53.3 Å². The zero-order valence-electron chi connectivity index (χ0n) is 17.2. The summed E-state index contributed by atoms with van der Waals surface area (Å²) in [6.45, 7) is 10.3. The molecule has 0 aliphatic carbocycles. The molecule has 2 rings (SSSR count). The molecule has 0 spiro atoms. The van der Waals surface area contributed by atoms with E-state index in [0.717, 1.165) is 22.3 Å². The number of ether oxygens (including phenoxy) is 1. The maximum atomic E-state index is 12.5. The van der Waals surface area contributed by atoms with Gasteiger partial charge in [0.05, 0.1) is 6.42 Å². The summed E-state index contributed by atoms with van der Waals surface area (Å²) in [7, 11) is 0. The molecule has 1 amide bonds. The SMILES string of the molecule is CCN(Cc1cc(C)ccc1-c1cncc(CC(=O)O)c1)C(=O)OC(C)(C)C. The number of carboxylic acid groups (broad SMARTS) is 1. The fourth-order valence-electron chi connectivity index (χ4n) is 2.88. The Labute approximate surface area is 166 Å². The number of aryl methyl sites for hydroxylation is 1. The Bertz CT molecular complexity index is 856. The third-order valence-electron chi connectivity index (χ3n) is 4.12. The summed E-state index contributed by atoms with van der Waals surface area (Å²) in [5.74, 6) is -0.898. The number of carbonyl (C=O) groups is 2. The second kappa shape index (κ2) is 8.87. The van der Waals surface area contributed by atoms with Gasteiger partial charge in [-0.2, -0.15) is 0 Å². The van der Waals surface area contributed by atoms with Crippen LogP contribution < -0.4 is 0 Å². The van der Waals surface area contributed by atoms with Crippen LogP contribution in [0.5, 0.6) is 0 Å². The van der Waals surface area contributed by atoms with E-state index < -0.39 is 11.6 Å². The average Bonchev–Trinajstić information content (AvgIpc) is 2.57. The fraction of sp³-hybridized carbons (Fsp3) is 0.409. The molecule has 1 N–H and O–H groups in total. The van der Waals surface area contributed by atoms with Crippen molar-refractivity contribution in [1.82, 2.24) is 9.88 Å². The lowest BCUT2D eigenvalue weighted by Gasteiger charge is -2.27. The van der Waals surface area contributed by atoms with Crippen molar-refractivity contribution >= 4 is 12.1 Å². The molecular weight excluding hydrogens is 356 g/mol. The van der Waals surface area contributed by atoms with E-state index in [1.807, 2.05) is 58.9 Å². The van der Waals surface area contributed by atoms with Crippen molar-refractivity contribution in [2.45, 2.75) is 53.2 Å². The lowest BCUT2D eigenvalue weighted by molar-refractivity contribution is -0.136. The van der Waals surface area contributed by atoms with E-state index in [9.17, 15) is 9.59 Å². The zero-order chi connectivity index (χ0) is 20.9. The van der Waals surface area contributed by atoms with Crippen molar-refractivity contribution in [2.24, 2.45) is 0 Å². The van der Waals surface area contributed by atoms with Crippen LogP contribution in [0.2, 0.25) is 0 Å². The lowest BCUT2D eigenvalue weighted by Crippen LogP contribution is -2.36. The van der Waals surface area contributed by atoms with Gasteiger partial charge in [0.2, 0.25) is 0 Å². The number of carbonyl (C=O) groups excluding carboxylic acids is 1. The molecule has 0 aliphatic rings. The van der Waals surface area contributed by atoms with E-state index in [2.05, 4.69) is 4.98 Å². The molecule has 0 bridgehead atoms. The smallest absolute Gasteiger partial charge is 0.410 e. The molecule has 0 fully saturated rings. The van der Waals surface area contributed by atoms with Crippen LogP contribution in [0.15, 0.2) is 36.7 Å². The van der Waals surface area contributed by atoms with Crippen LogP contribution in [-0.4, -0.2) is 39.2 Å². The maximum Gasteiger partial charge on any atom is 0.410 e. The van der Waals surface area contributed by atoms with Crippen molar-refractivity contribution < 1.29 is 19.4 Å². The summed E-state index contributed by atoms with van der Waals surface area (Å²) in [5.41, 5.74) is 3.86. The van der Waals surface area contributed by atoms with Crippen LogP contribution in [0.3, 0.4) is 0 Å². The molecule has 0 atom stereocenters. The molecule has 150 valence electrons. The first-order valence-electron chi connectivity index (χ1n) is 9.32. The minimum atomic E-state index is -0.898. The number of rotatable bonds is 6. The van der Waals surface area contributed by atoms with Crippen molar-refractivity contribution in [3.8, 4) is 11.1 Å². The highest BCUT2D eigenvalue weighted by Crippen LogP contribution is 2.27. The van der Waals surface area contributed by atoms with E-state index in [1.54, 1.807) is 17.3 Å². The first-order chi connectivity index (χ1) is 13.1. The van der Waals surface area contributed by atoms with Crippen LogP contribution in [0.25, 0.3) is 11.1 Å². The number of aromatic nitrogens is 1. The Morgan fingerprint density at radius 2 is 1.89 bits per heavy atom. The van der Waals surface area contributed by atoms with E-state index in [0.29, 0.717) is 18.7 Å². The number of carboxylic acids is 1. The predicted molar refractivity (Wildman–Crippen MR) is 108 cm³/mol. The van der Waals surface area contributed by atoms with Crippen LogP contribution in [-0.2, 0) is 22.5 Å². The van der Waals surface area contributed by atoms with E-state index in [4.69, 9.17) is 9.84 Å². The largest absolute Gasteiger partial charge is 0.481 e. The van der Waals surface area contributed by atoms with Gasteiger partial charge in [0, 0.05) is 31.0 Å². The third kappa shape index (κ3) is 6.08. The number of pyridine rings is 1. The zero-order valence-corrected chi connectivity index (χ0v) is 17.2. The molecule has 0 radical (unpaired) electrons. The molecular formula is C22H28N2O4. The third-order valence-corrected chi connectivity index (χ3v) is 4.12.